The third-order valence-corrected chi connectivity index (χ3v) is 21.2. The molecule has 1 aliphatic rings. The Kier molecular flexibility index (Phi) is 9.67. The van der Waals surface area contributed by atoms with Crippen LogP contribution in [0.3, 0.4) is 0 Å². The summed E-state index contributed by atoms with van der Waals surface area (Å²) in [4.78, 5) is 0. The maximum absolute atomic E-state index is 14.7. The molecule has 0 radical (unpaired) electrons. The molecule has 2 aromatic rings. The molecule has 0 spiro atoms. The molecule has 1 unspecified atom stereocenters. The van der Waals surface area contributed by atoms with Crippen LogP contribution in [-0.4, -0.2) is 35.0 Å². The van der Waals surface area contributed by atoms with Gasteiger partial charge in [-0.3, -0.25) is 0 Å². The molecule has 0 saturated heterocycles. The summed E-state index contributed by atoms with van der Waals surface area (Å²) in [6.45, 7) is 27.5. The number of rotatable bonds is 8. The lowest BCUT2D eigenvalue weighted by Crippen LogP contribution is -2.49. The second-order valence-corrected chi connectivity index (χ2v) is 26.5. The van der Waals surface area contributed by atoms with Crippen LogP contribution in [0.5, 0.6) is 0 Å². The van der Waals surface area contributed by atoms with E-state index >= 15 is 0 Å². The Labute approximate surface area is 240 Å². The third-order valence-electron chi connectivity index (χ3n) is 9.18. The molecule has 2 aromatic carbocycles. The van der Waals surface area contributed by atoms with Gasteiger partial charge in [0.05, 0.1) is 12.2 Å². The molecule has 39 heavy (non-hydrogen) atoms. The van der Waals surface area contributed by atoms with Crippen molar-refractivity contribution in [3.05, 3.63) is 84.5 Å². The van der Waals surface area contributed by atoms with E-state index in [1.165, 1.54) is 0 Å². The molecule has 3 rings (SSSR count). The topological polar surface area (TPSA) is 35.5 Å². The van der Waals surface area contributed by atoms with Crippen molar-refractivity contribution < 1.29 is 13.4 Å². The van der Waals surface area contributed by atoms with Gasteiger partial charge in [0.15, 0.2) is 16.6 Å². The average molecular weight is 583 g/mol. The van der Waals surface area contributed by atoms with Gasteiger partial charge in [-0.25, -0.2) is 0 Å². The van der Waals surface area contributed by atoms with Gasteiger partial charge in [0.2, 0.25) is 0 Å². The zero-order chi connectivity index (χ0) is 29.3. The molecule has 0 aromatic heterocycles. The van der Waals surface area contributed by atoms with Crippen molar-refractivity contribution in [2.24, 2.45) is 0 Å². The minimum absolute atomic E-state index is 0.0604. The van der Waals surface area contributed by atoms with Crippen molar-refractivity contribution in [1.82, 2.24) is 0 Å². The number of hydrogen-bond acceptors (Lipinski definition) is 3. The van der Waals surface area contributed by atoms with E-state index < -0.39 is 23.8 Å². The van der Waals surface area contributed by atoms with Crippen LogP contribution in [-0.2, 0) is 13.4 Å². The summed E-state index contributed by atoms with van der Waals surface area (Å²) in [7, 11) is -6.90. The highest BCUT2D eigenvalue weighted by atomic mass is 31.2. The number of hydrogen-bond donors (Lipinski definition) is 0. The van der Waals surface area contributed by atoms with E-state index in [1.54, 1.807) is 0 Å². The third kappa shape index (κ3) is 7.43. The lowest BCUT2D eigenvalue weighted by Gasteiger charge is -2.45. The van der Waals surface area contributed by atoms with Gasteiger partial charge in [-0.05, 0) is 53.8 Å². The highest BCUT2D eigenvalue weighted by molar-refractivity contribution is 7.78. The van der Waals surface area contributed by atoms with E-state index in [4.69, 9.17) is 8.85 Å². The van der Waals surface area contributed by atoms with E-state index in [-0.39, 0.29) is 22.3 Å². The monoisotopic (exact) mass is 582 g/mol. The van der Waals surface area contributed by atoms with E-state index in [2.05, 4.69) is 80.4 Å². The first kappa shape index (κ1) is 32.0. The summed E-state index contributed by atoms with van der Waals surface area (Å²) >= 11 is 0. The minimum atomic E-state index is -2.87. The maximum Gasteiger partial charge on any atom is 0.192 e. The summed E-state index contributed by atoms with van der Waals surface area (Å²) < 4.78 is 28.7. The van der Waals surface area contributed by atoms with E-state index in [0.717, 1.165) is 34.6 Å². The van der Waals surface area contributed by atoms with Crippen molar-refractivity contribution >= 4 is 34.4 Å². The summed E-state index contributed by atoms with van der Waals surface area (Å²) in [6.07, 6.45) is 4.22. The molecule has 214 valence electrons. The molecule has 3 nitrogen and oxygen atoms in total. The standard InChI is InChI=1S/C33H51O3PSi2/c1-26-27(22-23-37(34,29-18-14-12-15-19-29)30-20-16-13-17-21-30)24-28(35-38(8,9)32(2,3)4)25-31(26)36-39(10,11)33(5,6)7/h12-22,28,31H,1,23-25H2,2-11H3/t28?,31-/m0/s1. The highest BCUT2D eigenvalue weighted by Crippen LogP contribution is 2.47. The molecule has 1 fully saturated rings. The molecule has 2 atom stereocenters. The van der Waals surface area contributed by atoms with Gasteiger partial charge >= 0.3 is 0 Å². The Morgan fingerprint density at radius 2 is 1.26 bits per heavy atom. The Morgan fingerprint density at radius 3 is 1.69 bits per heavy atom. The lowest BCUT2D eigenvalue weighted by molar-refractivity contribution is 0.0969. The van der Waals surface area contributed by atoms with Gasteiger partial charge in [-0.1, -0.05) is 115 Å². The van der Waals surface area contributed by atoms with Gasteiger partial charge in [0, 0.05) is 23.2 Å². The van der Waals surface area contributed by atoms with Gasteiger partial charge < -0.3 is 13.4 Å². The normalized spacial score (nSPS) is 20.9. The Hall–Kier alpha value is -1.50. The van der Waals surface area contributed by atoms with Gasteiger partial charge in [0.1, 0.15) is 7.14 Å². The minimum Gasteiger partial charge on any atom is -0.413 e. The fraction of sp³-hybridized carbons (Fsp3) is 0.515. The summed E-state index contributed by atoms with van der Waals surface area (Å²) in [5, 5.41) is 1.99. The zero-order valence-electron chi connectivity index (χ0n) is 26.0. The van der Waals surface area contributed by atoms with Crippen LogP contribution < -0.4 is 10.6 Å². The van der Waals surface area contributed by atoms with Crippen molar-refractivity contribution in [1.29, 1.82) is 0 Å². The average Bonchev–Trinajstić information content (AvgIpc) is 2.84. The molecular formula is C33H51O3PSi2. The molecule has 6 heteroatoms. The smallest absolute Gasteiger partial charge is 0.192 e. The molecule has 0 aliphatic heterocycles. The first-order valence-corrected chi connectivity index (χ1v) is 22.0. The molecule has 0 N–H and O–H groups in total. The number of benzene rings is 2. The van der Waals surface area contributed by atoms with Crippen LogP contribution >= 0.6 is 7.14 Å². The first-order valence-electron chi connectivity index (χ1n) is 14.3. The SMILES string of the molecule is C=C1C(=CCP(=O)(c2ccccc2)c2ccccc2)CC(O[Si](C)(C)C(C)(C)C)C[C@@H]1O[Si](C)(C)C(C)(C)C. The molecule has 0 bridgehead atoms. The first-order chi connectivity index (χ1) is 17.9. The molecular weight excluding hydrogens is 532 g/mol. The van der Waals surface area contributed by atoms with Crippen molar-refractivity contribution in [3.63, 3.8) is 0 Å². The van der Waals surface area contributed by atoms with Gasteiger partial charge in [0.25, 0.3) is 0 Å². The molecule has 1 aliphatic carbocycles. The zero-order valence-corrected chi connectivity index (χ0v) is 28.9. The van der Waals surface area contributed by atoms with Gasteiger partial charge in [-0.2, -0.15) is 0 Å². The predicted octanol–water partition coefficient (Wildman–Crippen LogP) is 9.06. The van der Waals surface area contributed by atoms with Crippen molar-refractivity contribution in [3.8, 4) is 0 Å². The van der Waals surface area contributed by atoms with E-state index in [9.17, 15) is 4.57 Å². The van der Waals surface area contributed by atoms with Crippen LogP contribution in [0.1, 0.15) is 54.4 Å². The molecule has 1 saturated carbocycles. The van der Waals surface area contributed by atoms with Crippen molar-refractivity contribution in [2.75, 3.05) is 6.16 Å². The fourth-order valence-electron chi connectivity index (χ4n) is 4.53. The summed E-state index contributed by atoms with van der Waals surface area (Å²) in [5.74, 6) is 0. The maximum atomic E-state index is 14.7. The second kappa shape index (κ2) is 11.8. The Morgan fingerprint density at radius 1 is 0.821 bits per heavy atom. The summed E-state index contributed by atoms with van der Waals surface area (Å²) in [5.41, 5.74) is 2.17. The van der Waals surface area contributed by atoms with Gasteiger partial charge in [-0.15, -0.1) is 0 Å². The quantitative estimate of drug-likeness (QED) is 0.230. The Bertz CT molecular complexity index is 1160. The fourth-order valence-corrected chi connectivity index (χ4v) is 9.71. The summed E-state index contributed by atoms with van der Waals surface area (Å²) in [6, 6.07) is 19.8. The predicted molar refractivity (Wildman–Crippen MR) is 175 cm³/mol. The molecule has 0 heterocycles. The lowest BCUT2D eigenvalue weighted by atomic mass is 9.86. The van der Waals surface area contributed by atoms with Crippen LogP contribution in [0.15, 0.2) is 84.5 Å². The van der Waals surface area contributed by atoms with Crippen LogP contribution in [0.4, 0.5) is 0 Å². The van der Waals surface area contributed by atoms with Crippen LogP contribution in [0.25, 0.3) is 0 Å². The Balaban J connectivity index is 2.01. The van der Waals surface area contributed by atoms with E-state index in [1.807, 2.05) is 60.7 Å². The van der Waals surface area contributed by atoms with E-state index in [0.29, 0.717) is 6.16 Å². The van der Waals surface area contributed by atoms with Crippen molar-refractivity contribution in [2.45, 2.75) is 103 Å². The number of allylic oxidation sites excluding steroid dienone is 1. The second-order valence-electron chi connectivity index (χ2n) is 14.2. The molecule has 0 amide bonds. The largest absolute Gasteiger partial charge is 0.413 e. The highest BCUT2D eigenvalue weighted by Gasteiger charge is 2.44. The van der Waals surface area contributed by atoms with Crippen LogP contribution in [0.2, 0.25) is 36.3 Å². The van der Waals surface area contributed by atoms with Crippen LogP contribution in [0, 0.1) is 0 Å².